The van der Waals surface area contributed by atoms with Crippen molar-refractivity contribution in [3.8, 4) is 0 Å². The van der Waals surface area contributed by atoms with E-state index in [1.807, 2.05) is 25.2 Å². The Balaban J connectivity index is 3.30. The van der Waals surface area contributed by atoms with Crippen LogP contribution in [0.3, 0.4) is 0 Å². The second-order valence-corrected chi connectivity index (χ2v) is 2.90. The summed E-state index contributed by atoms with van der Waals surface area (Å²) in [5.41, 5.74) is 0. The van der Waals surface area contributed by atoms with Gasteiger partial charge in [0, 0.05) is 0 Å². The molecule has 0 saturated carbocycles. The highest BCUT2D eigenvalue weighted by molar-refractivity contribution is 4.88. The van der Waals surface area contributed by atoms with Gasteiger partial charge < -0.3 is 5.11 Å². The summed E-state index contributed by atoms with van der Waals surface area (Å²) in [6.07, 6.45) is 11.9. The zero-order valence-corrected chi connectivity index (χ0v) is 8.16. The number of allylic oxidation sites excluding steroid dienone is 3. The minimum absolute atomic E-state index is 0.241. The van der Waals surface area contributed by atoms with Crippen LogP contribution in [0.1, 0.15) is 39.5 Å². The Labute approximate surface area is 75.8 Å². The summed E-state index contributed by atoms with van der Waals surface area (Å²) in [5.74, 6) is 0. The van der Waals surface area contributed by atoms with Crippen LogP contribution in [0, 0.1) is 0 Å². The Kier molecular flexibility index (Phi) is 8.14. The first-order valence-corrected chi connectivity index (χ1v) is 4.77. The van der Waals surface area contributed by atoms with E-state index in [1.54, 1.807) is 0 Å². The lowest BCUT2D eigenvalue weighted by Gasteiger charge is -2.02. The molecule has 0 saturated heterocycles. The highest BCUT2D eigenvalue weighted by Crippen LogP contribution is 2.03. The molecule has 1 atom stereocenters. The van der Waals surface area contributed by atoms with Crippen molar-refractivity contribution in [2.24, 2.45) is 0 Å². The number of aliphatic hydroxyl groups is 1. The zero-order chi connectivity index (χ0) is 9.23. The SMILES string of the molecule is C/C=C/CCCC(O)/C=C/CC. The van der Waals surface area contributed by atoms with Gasteiger partial charge in [0.15, 0.2) is 0 Å². The molecule has 0 aromatic heterocycles. The Bertz CT molecular complexity index is 136. The Morgan fingerprint density at radius 2 is 2.08 bits per heavy atom. The Morgan fingerprint density at radius 1 is 1.33 bits per heavy atom. The van der Waals surface area contributed by atoms with E-state index in [2.05, 4.69) is 13.0 Å². The van der Waals surface area contributed by atoms with E-state index in [4.69, 9.17) is 0 Å². The summed E-state index contributed by atoms with van der Waals surface area (Å²) >= 11 is 0. The minimum atomic E-state index is -0.241. The fourth-order valence-electron chi connectivity index (χ4n) is 1.00. The molecule has 1 heteroatoms. The number of aliphatic hydroxyl groups excluding tert-OH is 1. The van der Waals surface area contributed by atoms with Crippen LogP contribution < -0.4 is 0 Å². The molecule has 0 spiro atoms. The predicted molar refractivity (Wildman–Crippen MR) is 54.1 cm³/mol. The topological polar surface area (TPSA) is 20.2 Å². The molecule has 0 heterocycles. The van der Waals surface area contributed by atoms with Crippen molar-refractivity contribution in [3.05, 3.63) is 24.3 Å². The van der Waals surface area contributed by atoms with Gasteiger partial charge in [-0.3, -0.25) is 0 Å². The van der Waals surface area contributed by atoms with Crippen molar-refractivity contribution in [2.75, 3.05) is 0 Å². The fourth-order valence-corrected chi connectivity index (χ4v) is 1.00. The largest absolute Gasteiger partial charge is 0.389 e. The second kappa shape index (κ2) is 8.54. The van der Waals surface area contributed by atoms with Crippen LogP contribution in [0.5, 0.6) is 0 Å². The lowest BCUT2D eigenvalue weighted by atomic mass is 10.1. The van der Waals surface area contributed by atoms with Gasteiger partial charge in [0.05, 0.1) is 6.10 Å². The van der Waals surface area contributed by atoms with E-state index in [1.165, 1.54) is 0 Å². The summed E-state index contributed by atoms with van der Waals surface area (Å²) in [6, 6.07) is 0. The predicted octanol–water partition coefficient (Wildman–Crippen LogP) is 3.06. The Morgan fingerprint density at radius 3 is 2.67 bits per heavy atom. The van der Waals surface area contributed by atoms with Gasteiger partial charge in [-0.05, 0) is 32.6 Å². The number of hydrogen-bond donors (Lipinski definition) is 1. The average Bonchev–Trinajstić information content (AvgIpc) is 2.09. The summed E-state index contributed by atoms with van der Waals surface area (Å²) in [6.45, 7) is 4.09. The molecule has 0 aromatic rings. The van der Waals surface area contributed by atoms with Crippen LogP contribution in [-0.2, 0) is 0 Å². The molecule has 0 radical (unpaired) electrons. The molecular weight excluding hydrogens is 148 g/mol. The van der Waals surface area contributed by atoms with Crippen LogP contribution in [-0.4, -0.2) is 11.2 Å². The maximum atomic E-state index is 9.37. The molecule has 12 heavy (non-hydrogen) atoms. The summed E-state index contributed by atoms with van der Waals surface area (Å²) in [7, 11) is 0. The molecular formula is C11H20O. The quantitative estimate of drug-likeness (QED) is 0.477. The third-order valence-corrected chi connectivity index (χ3v) is 1.70. The molecule has 0 bridgehead atoms. The van der Waals surface area contributed by atoms with Crippen molar-refractivity contribution in [2.45, 2.75) is 45.6 Å². The lowest BCUT2D eigenvalue weighted by Crippen LogP contribution is -2.00. The van der Waals surface area contributed by atoms with Gasteiger partial charge in [-0.15, -0.1) is 0 Å². The molecule has 1 nitrogen and oxygen atoms in total. The van der Waals surface area contributed by atoms with Gasteiger partial charge >= 0.3 is 0 Å². The first-order chi connectivity index (χ1) is 5.81. The van der Waals surface area contributed by atoms with E-state index >= 15 is 0 Å². The highest BCUT2D eigenvalue weighted by Gasteiger charge is 1.95. The van der Waals surface area contributed by atoms with Crippen LogP contribution in [0.25, 0.3) is 0 Å². The standard InChI is InChI=1S/C11H20O/c1-3-5-7-8-10-11(12)9-6-4-2/h3,5-6,9,11-12H,4,7-8,10H2,1-2H3/b5-3+,9-6+. The van der Waals surface area contributed by atoms with Crippen LogP contribution in [0.2, 0.25) is 0 Å². The highest BCUT2D eigenvalue weighted by atomic mass is 16.3. The van der Waals surface area contributed by atoms with E-state index in [-0.39, 0.29) is 6.10 Å². The fraction of sp³-hybridized carbons (Fsp3) is 0.636. The molecule has 0 fully saturated rings. The molecule has 70 valence electrons. The molecule has 0 aliphatic heterocycles. The normalized spacial score (nSPS) is 14.6. The van der Waals surface area contributed by atoms with Gasteiger partial charge in [0.1, 0.15) is 0 Å². The van der Waals surface area contributed by atoms with Crippen LogP contribution >= 0.6 is 0 Å². The van der Waals surface area contributed by atoms with Crippen molar-refractivity contribution < 1.29 is 5.11 Å². The molecule has 1 N–H and O–H groups in total. The van der Waals surface area contributed by atoms with Gasteiger partial charge in [-0.2, -0.15) is 0 Å². The van der Waals surface area contributed by atoms with Gasteiger partial charge in [0.2, 0.25) is 0 Å². The number of rotatable bonds is 6. The minimum Gasteiger partial charge on any atom is -0.389 e. The third-order valence-electron chi connectivity index (χ3n) is 1.70. The number of hydrogen-bond acceptors (Lipinski definition) is 1. The van der Waals surface area contributed by atoms with Crippen molar-refractivity contribution >= 4 is 0 Å². The maximum absolute atomic E-state index is 9.37. The third kappa shape index (κ3) is 7.55. The first kappa shape index (κ1) is 11.4. The first-order valence-electron chi connectivity index (χ1n) is 4.77. The van der Waals surface area contributed by atoms with Gasteiger partial charge in [-0.25, -0.2) is 0 Å². The molecule has 0 aromatic carbocycles. The molecule has 0 aliphatic rings. The summed E-state index contributed by atoms with van der Waals surface area (Å²) in [4.78, 5) is 0. The molecule has 1 unspecified atom stereocenters. The molecule has 0 amide bonds. The lowest BCUT2D eigenvalue weighted by molar-refractivity contribution is 0.209. The molecule has 0 aliphatic carbocycles. The van der Waals surface area contributed by atoms with Crippen LogP contribution in [0.15, 0.2) is 24.3 Å². The van der Waals surface area contributed by atoms with Gasteiger partial charge in [0.25, 0.3) is 0 Å². The van der Waals surface area contributed by atoms with E-state index in [9.17, 15) is 5.11 Å². The average molecular weight is 168 g/mol. The monoisotopic (exact) mass is 168 g/mol. The summed E-state index contributed by atoms with van der Waals surface area (Å²) in [5, 5.41) is 9.37. The van der Waals surface area contributed by atoms with Crippen molar-refractivity contribution in [1.29, 1.82) is 0 Å². The molecule has 0 rings (SSSR count). The van der Waals surface area contributed by atoms with E-state index < -0.39 is 0 Å². The van der Waals surface area contributed by atoms with Crippen LogP contribution in [0.4, 0.5) is 0 Å². The number of unbranched alkanes of at least 4 members (excludes halogenated alkanes) is 1. The van der Waals surface area contributed by atoms with Gasteiger partial charge in [-0.1, -0.05) is 31.2 Å². The zero-order valence-electron chi connectivity index (χ0n) is 8.16. The second-order valence-electron chi connectivity index (χ2n) is 2.90. The summed E-state index contributed by atoms with van der Waals surface area (Å²) < 4.78 is 0. The van der Waals surface area contributed by atoms with E-state index in [0.717, 1.165) is 25.7 Å². The van der Waals surface area contributed by atoms with Crippen molar-refractivity contribution in [3.63, 3.8) is 0 Å². The smallest absolute Gasteiger partial charge is 0.0721 e. The Hall–Kier alpha value is -0.560. The van der Waals surface area contributed by atoms with Crippen molar-refractivity contribution in [1.82, 2.24) is 0 Å². The van der Waals surface area contributed by atoms with E-state index in [0.29, 0.717) is 0 Å². The maximum Gasteiger partial charge on any atom is 0.0721 e.